The van der Waals surface area contributed by atoms with Crippen molar-refractivity contribution in [1.82, 2.24) is 4.72 Å². The van der Waals surface area contributed by atoms with Crippen LogP contribution in [0.3, 0.4) is 0 Å². The highest BCUT2D eigenvalue weighted by atomic mass is 32.2. The van der Waals surface area contributed by atoms with Gasteiger partial charge in [-0.25, -0.2) is 8.42 Å². The third-order valence-corrected chi connectivity index (χ3v) is 5.77. The van der Waals surface area contributed by atoms with Crippen LogP contribution < -0.4 is 4.72 Å². The van der Waals surface area contributed by atoms with Gasteiger partial charge in [-0.3, -0.25) is 9.71 Å². The minimum Gasteiger partial charge on any atom is -0.264 e. The van der Waals surface area contributed by atoms with Gasteiger partial charge in [-0.1, -0.05) is 25.5 Å². The molecule has 1 aliphatic heterocycles. The van der Waals surface area contributed by atoms with Crippen molar-refractivity contribution < 1.29 is 8.42 Å². The van der Waals surface area contributed by atoms with Gasteiger partial charge in [0, 0.05) is 5.56 Å². The van der Waals surface area contributed by atoms with E-state index < -0.39 is 10.0 Å². The van der Waals surface area contributed by atoms with Crippen molar-refractivity contribution in [3.05, 3.63) is 29.8 Å². The summed E-state index contributed by atoms with van der Waals surface area (Å²) in [4.78, 5) is 5.02. The first-order valence-corrected chi connectivity index (χ1v) is 8.78. The fraction of sp³-hybridized carbons (Fsp3) is 0.533. The fourth-order valence-corrected chi connectivity index (χ4v) is 4.33. The lowest BCUT2D eigenvalue weighted by molar-refractivity contribution is 0.320. The third kappa shape index (κ3) is 2.46. The van der Waals surface area contributed by atoms with Crippen molar-refractivity contribution in [3.63, 3.8) is 0 Å². The number of fused-ring (bicyclic) bond motifs is 1. The Hall–Kier alpha value is -1.36. The zero-order chi connectivity index (χ0) is 14.2. The summed E-state index contributed by atoms with van der Waals surface area (Å²) in [6.07, 6.45) is 5.76. The van der Waals surface area contributed by atoms with Crippen molar-refractivity contribution in [2.45, 2.75) is 50.0 Å². The van der Waals surface area contributed by atoms with Gasteiger partial charge in [0.15, 0.2) is 0 Å². The molecule has 5 heteroatoms. The quantitative estimate of drug-likeness (QED) is 0.911. The molecule has 0 unspecified atom stereocenters. The van der Waals surface area contributed by atoms with Crippen molar-refractivity contribution in [1.29, 1.82) is 0 Å². The Kier molecular flexibility index (Phi) is 3.54. The lowest BCUT2D eigenvalue weighted by Crippen LogP contribution is -2.25. The largest absolute Gasteiger partial charge is 0.264 e. The molecule has 108 valence electrons. The topological polar surface area (TPSA) is 58.5 Å². The molecule has 1 heterocycles. The lowest BCUT2D eigenvalue weighted by Gasteiger charge is -2.25. The molecule has 0 aromatic heterocycles. The Morgan fingerprint density at radius 3 is 2.60 bits per heavy atom. The molecule has 0 atom stereocenters. The molecule has 1 aromatic carbocycles. The molecule has 1 saturated carbocycles. The lowest BCUT2D eigenvalue weighted by atomic mass is 9.85. The number of sulfonamides is 1. The van der Waals surface area contributed by atoms with Crippen LogP contribution >= 0.6 is 0 Å². The molecular formula is C15H20N2O2S. The molecule has 1 fully saturated rings. The zero-order valence-electron chi connectivity index (χ0n) is 11.7. The predicted molar refractivity (Wildman–Crippen MR) is 79.3 cm³/mol. The third-order valence-electron chi connectivity index (χ3n) is 4.37. The maximum Gasteiger partial charge on any atom is 0.263 e. The van der Waals surface area contributed by atoms with Gasteiger partial charge in [0.1, 0.15) is 5.84 Å². The van der Waals surface area contributed by atoms with Gasteiger partial charge in [0.05, 0.1) is 10.9 Å². The van der Waals surface area contributed by atoms with Gasteiger partial charge >= 0.3 is 0 Å². The van der Waals surface area contributed by atoms with Gasteiger partial charge in [-0.2, -0.15) is 0 Å². The number of rotatable bonds is 2. The normalized spacial score (nSPS) is 29.9. The highest BCUT2D eigenvalue weighted by Gasteiger charge is 2.31. The maximum atomic E-state index is 12.0. The smallest absolute Gasteiger partial charge is 0.263 e. The monoisotopic (exact) mass is 292 g/mol. The summed E-state index contributed by atoms with van der Waals surface area (Å²) >= 11 is 0. The Morgan fingerprint density at radius 2 is 1.90 bits per heavy atom. The Bertz CT molecular complexity index is 629. The van der Waals surface area contributed by atoms with E-state index in [-0.39, 0.29) is 6.04 Å². The van der Waals surface area contributed by atoms with E-state index >= 15 is 0 Å². The Balaban J connectivity index is 1.84. The minimum atomic E-state index is -3.40. The minimum absolute atomic E-state index is 0.252. The average molecular weight is 292 g/mol. The zero-order valence-corrected chi connectivity index (χ0v) is 12.5. The Morgan fingerprint density at radius 1 is 1.20 bits per heavy atom. The number of aliphatic imine (C=N–C) groups is 1. The second kappa shape index (κ2) is 5.20. The summed E-state index contributed by atoms with van der Waals surface area (Å²) in [6.45, 7) is 2.23. The van der Waals surface area contributed by atoms with Crippen molar-refractivity contribution in [2.75, 3.05) is 0 Å². The SMILES string of the molecule is CCC1CCC(N=C2NS(=O)(=O)c3ccccc32)CC1. The van der Waals surface area contributed by atoms with E-state index in [1.807, 2.05) is 12.1 Å². The van der Waals surface area contributed by atoms with Gasteiger partial charge in [0.25, 0.3) is 10.0 Å². The van der Waals surface area contributed by atoms with E-state index in [1.165, 1.54) is 19.3 Å². The van der Waals surface area contributed by atoms with Crippen molar-refractivity contribution in [2.24, 2.45) is 10.9 Å². The summed E-state index contributed by atoms with van der Waals surface area (Å²) in [5.74, 6) is 1.35. The van der Waals surface area contributed by atoms with Crippen LogP contribution in [-0.2, 0) is 10.0 Å². The van der Waals surface area contributed by atoms with Crippen LogP contribution in [0.25, 0.3) is 0 Å². The molecule has 0 saturated heterocycles. The summed E-state index contributed by atoms with van der Waals surface area (Å²) in [6, 6.07) is 7.30. The first kappa shape index (κ1) is 13.6. The molecule has 0 bridgehead atoms. The van der Waals surface area contributed by atoms with Crippen LogP contribution in [0.15, 0.2) is 34.2 Å². The number of hydrogen-bond acceptors (Lipinski definition) is 3. The van der Waals surface area contributed by atoms with Crippen LogP contribution in [0.2, 0.25) is 0 Å². The highest BCUT2D eigenvalue weighted by Crippen LogP contribution is 2.30. The van der Waals surface area contributed by atoms with E-state index in [4.69, 9.17) is 0 Å². The molecule has 1 N–H and O–H groups in total. The molecular weight excluding hydrogens is 272 g/mol. The number of amidine groups is 1. The molecule has 2 aliphatic rings. The first-order valence-electron chi connectivity index (χ1n) is 7.30. The average Bonchev–Trinajstić information content (AvgIpc) is 2.72. The summed E-state index contributed by atoms with van der Waals surface area (Å²) in [7, 11) is -3.40. The van der Waals surface area contributed by atoms with E-state index in [0.29, 0.717) is 16.3 Å². The molecule has 3 rings (SSSR count). The Labute approximate surface area is 120 Å². The summed E-state index contributed by atoms with van der Waals surface area (Å²) in [5, 5.41) is 0. The predicted octanol–water partition coefficient (Wildman–Crippen LogP) is 2.69. The van der Waals surface area contributed by atoms with E-state index in [1.54, 1.807) is 12.1 Å². The van der Waals surface area contributed by atoms with E-state index in [2.05, 4.69) is 16.6 Å². The number of hydrogen-bond donors (Lipinski definition) is 1. The fourth-order valence-electron chi connectivity index (χ4n) is 3.09. The molecule has 0 radical (unpaired) electrons. The summed E-state index contributed by atoms with van der Waals surface area (Å²) < 4.78 is 26.6. The van der Waals surface area contributed by atoms with Crippen LogP contribution in [0.4, 0.5) is 0 Å². The molecule has 0 amide bonds. The van der Waals surface area contributed by atoms with Gasteiger partial charge < -0.3 is 0 Å². The van der Waals surface area contributed by atoms with Crippen molar-refractivity contribution >= 4 is 15.9 Å². The number of nitrogens with one attached hydrogen (secondary N) is 1. The van der Waals surface area contributed by atoms with E-state index in [9.17, 15) is 8.42 Å². The number of benzene rings is 1. The van der Waals surface area contributed by atoms with Gasteiger partial charge in [-0.05, 0) is 43.7 Å². The van der Waals surface area contributed by atoms with Crippen molar-refractivity contribution in [3.8, 4) is 0 Å². The molecule has 1 aromatic rings. The van der Waals surface area contributed by atoms with Gasteiger partial charge in [0.2, 0.25) is 0 Å². The maximum absolute atomic E-state index is 12.0. The number of nitrogens with zero attached hydrogens (tertiary/aromatic N) is 1. The van der Waals surface area contributed by atoms with Crippen LogP contribution in [0, 0.1) is 5.92 Å². The first-order chi connectivity index (χ1) is 9.60. The molecule has 1 aliphatic carbocycles. The standard InChI is InChI=1S/C15H20N2O2S/c1-2-11-7-9-12(10-8-11)16-15-13-5-3-4-6-14(13)20(18,19)17-15/h3-6,11-12H,2,7-10H2,1H3,(H,16,17). The van der Waals surface area contributed by atoms with Gasteiger partial charge in [-0.15, -0.1) is 0 Å². The van der Waals surface area contributed by atoms with Crippen LogP contribution in [0.1, 0.15) is 44.6 Å². The molecule has 0 spiro atoms. The highest BCUT2D eigenvalue weighted by molar-refractivity contribution is 7.90. The molecule has 20 heavy (non-hydrogen) atoms. The molecule has 4 nitrogen and oxygen atoms in total. The second-order valence-electron chi connectivity index (χ2n) is 5.66. The summed E-state index contributed by atoms with van der Waals surface area (Å²) in [5.41, 5.74) is 0.713. The van der Waals surface area contributed by atoms with Crippen LogP contribution in [0.5, 0.6) is 0 Å². The van der Waals surface area contributed by atoms with Crippen LogP contribution in [-0.4, -0.2) is 20.3 Å². The second-order valence-corrected chi connectivity index (χ2v) is 7.31. The van der Waals surface area contributed by atoms with E-state index in [0.717, 1.165) is 18.8 Å².